The van der Waals surface area contributed by atoms with Crippen LogP contribution in [0.1, 0.15) is 6.04 Å². The van der Waals surface area contributed by atoms with Crippen LogP contribution in [0.3, 0.4) is 0 Å². The van der Waals surface area contributed by atoms with Crippen molar-refractivity contribution < 1.29 is 5.11 Å². The Hall–Kier alpha value is -1.93. The third kappa shape index (κ3) is 1.57. The predicted molar refractivity (Wildman–Crippen MR) is 68.1 cm³/mol. The fourth-order valence-corrected chi connectivity index (χ4v) is 2.58. The zero-order valence-corrected chi connectivity index (χ0v) is 10.7. The van der Waals surface area contributed by atoms with Crippen molar-refractivity contribution in [1.29, 1.82) is 0 Å². The highest BCUT2D eigenvalue weighted by Crippen LogP contribution is 2.19. The molecule has 102 valence electrons. The lowest BCUT2D eigenvalue weighted by molar-refractivity contribution is 0.152. The van der Waals surface area contributed by atoms with Crippen LogP contribution in [0.2, 0.25) is 0 Å². The van der Waals surface area contributed by atoms with Crippen LogP contribution in [0.15, 0.2) is 15.9 Å². The van der Waals surface area contributed by atoms with Crippen LogP contribution >= 0.6 is 0 Å². The van der Waals surface area contributed by atoms with Crippen LogP contribution in [0.4, 0.5) is 0 Å². The van der Waals surface area contributed by atoms with E-state index < -0.39 is 17.4 Å². The topological polar surface area (TPSA) is 94.1 Å². The number of fused-ring (bicyclic) bond motifs is 1. The van der Waals surface area contributed by atoms with E-state index in [9.17, 15) is 14.7 Å². The van der Waals surface area contributed by atoms with Gasteiger partial charge in [-0.2, -0.15) is 0 Å². The van der Waals surface area contributed by atoms with E-state index in [0.29, 0.717) is 18.7 Å². The summed E-state index contributed by atoms with van der Waals surface area (Å²) in [6.45, 7) is 1.07. The molecule has 0 bridgehead atoms. The van der Waals surface area contributed by atoms with Crippen LogP contribution in [0.5, 0.6) is 0 Å². The van der Waals surface area contributed by atoms with Gasteiger partial charge in [0.05, 0.1) is 18.5 Å². The van der Waals surface area contributed by atoms with E-state index in [0.717, 1.165) is 4.57 Å². The maximum Gasteiger partial charge on any atom is 0.332 e. The number of aromatic nitrogens is 4. The van der Waals surface area contributed by atoms with Gasteiger partial charge in [0.1, 0.15) is 5.65 Å². The second-order valence-corrected chi connectivity index (χ2v) is 4.82. The Labute approximate surface area is 107 Å². The molecule has 8 heteroatoms. The second kappa shape index (κ2) is 4.04. The van der Waals surface area contributed by atoms with Crippen LogP contribution in [0, 0.1) is 0 Å². The zero-order valence-electron chi connectivity index (χ0n) is 10.7. The molecule has 0 aliphatic carbocycles. The number of aliphatic hydroxyl groups excluding tert-OH is 1. The molecule has 1 fully saturated rings. The second-order valence-electron chi connectivity index (χ2n) is 4.82. The van der Waals surface area contributed by atoms with Crippen molar-refractivity contribution >= 4 is 11.2 Å². The highest BCUT2D eigenvalue weighted by atomic mass is 16.3. The molecular weight excluding hydrogens is 250 g/mol. The molecular formula is C11H15N5O3. The van der Waals surface area contributed by atoms with Crippen molar-refractivity contribution in [3.8, 4) is 0 Å². The number of hydrogen-bond acceptors (Lipinski definition) is 5. The SMILES string of the molecule is Cn1c(=O)c2ncn([C@H]3CNC[C@@H]3O)c2n(C)c1=O. The Morgan fingerprint density at radius 3 is 2.68 bits per heavy atom. The molecule has 2 aromatic heterocycles. The molecule has 3 heterocycles. The van der Waals surface area contributed by atoms with Crippen molar-refractivity contribution in [1.82, 2.24) is 24.0 Å². The molecule has 1 saturated heterocycles. The van der Waals surface area contributed by atoms with Crippen LogP contribution in [0.25, 0.3) is 11.2 Å². The molecule has 0 aromatic carbocycles. The molecule has 2 N–H and O–H groups in total. The van der Waals surface area contributed by atoms with Gasteiger partial charge in [0.2, 0.25) is 0 Å². The Kier molecular flexibility index (Phi) is 2.58. The lowest BCUT2D eigenvalue weighted by Gasteiger charge is -2.17. The summed E-state index contributed by atoms with van der Waals surface area (Å²) in [4.78, 5) is 28.1. The molecule has 0 radical (unpaired) electrons. The van der Waals surface area contributed by atoms with Crippen molar-refractivity contribution in [3.05, 3.63) is 27.2 Å². The number of nitrogens with zero attached hydrogens (tertiary/aromatic N) is 4. The zero-order chi connectivity index (χ0) is 13.7. The molecule has 1 aliphatic heterocycles. The summed E-state index contributed by atoms with van der Waals surface area (Å²) < 4.78 is 4.11. The van der Waals surface area contributed by atoms with E-state index in [4.69, 9.17) is 0 Å². The minimum Gasteiger partial charge on any atom is -0.390 e. The molecule has 2 atom stereocenters. The Morgan fingerprint density at radius 2 is 2.05 bits per heavy atom. The number of nitrogens with one attached hydrogen (secondary N) is 1. The van der Waals surface area contributed by atoms with Crippen molar-refractivity contribution in [2.24, 2.45) is 14.1 Å². The highest BCUT2D eigenvalue weighted by Gasteiger charge is 2.29. The number of hydrogen-bond donors (Lipinski definition) is 2. The summed E-state index contributed by atoms with van der Waals surface area (Å²) in [6, 6.07) is -0.220. The van der Waals surface area contributed by atoms with Gasteiger partial charge < -0.3 is 15.0 Å². The van der Waals surface area contributed by atoms with E-state index in [1.165, 1.54) is 17.9 Å². The first-order valence-corrected chi connectivity index (χ1v) is 6.03. The smallest absolute Gasteiger partial charge is 0.332 e. The van der Waals surface area contributed by atoms with Gasteiger partial charge in [-0.1, -0.05) is 0 Å². The van der Waals surface area contributed by atoms with E-state index in [2.05, 4.69) is 10.3 Å². The summed E-state index contributed by atoms with van der Waals surface area (Å²) in [6.07, 6.45) is 0.948. The Balaban J connectivity index is 2.35. The monoisotopic (exact) mass is 265 g/mol. The number of aryl methyl sites for hydroxylation is 1. The fourth-order valence-electron chi connectivity index (χ4n) is 2.58. The van der Waals surface area contributed by atoms with Crippen LogP contribution in [-0.4, -0.2) is 43.0 Å². The fraction of sp³-hybridized carbons (Fsp3) is 0.545. The third-order valence-electron chi connectivity index (χ3n) is 3.67. The molecule has 0 spiro atoms. The number of rotatable bonds is 1. The molecule has 0 amide bonds. The summed E-state index contributed by atoms with van der Waals surface area (Å²) >= 11 is 0. The first-order valence-electron chi connectivity index (χ1n) is 6.03. The highest BCUT2D eigenvalue weighted by molar-refractivity contribution is 5.70. The number of β-amino-alcohol motifs (C(OH)–C–C–N with tert-alkyl or cyclic N) is 1. The van der Waals surface area contributed by atoms with E-state index >= 15 is 0 Å². The van der Waals surface area contributed by atoms with Gasteiger partial charge in [-0.25, -0.2) is 9.78 Å². The van der Waals surface area contributed by atoms with Crippen molar-refractivity contribution in [2.75, 3.05) is 13.1 Å². The Morgan fingerprint density at radius 1 is 1.32 bits per heavy atom. The van der Waals surface area contributed by atoms with Crippen LogP contribution < -0.4 is 16.6 Å². The number of imidazole rings is 1. The van der Waals surface area contributed by atoms with Crippen LogP contribution in [-0.2, 0) is 14.1 Å². The predicted octanol–water partition coefficient (Wildman–Crippen LogP) is -2.06. The Bertz CT molecular complexity index is 756. The lowest BCUT2D eigenvalue weighted by Crippen LogP contribution is -2.38. The van der Waals surface area contributed by atoms with Gasteiger partial charge >= 0.3 is 5.69 Å². The molecule has 8 nitrogen and oxygen atoms in total. The van der Waals surface area contributed by atoms with Gasteiger partial charge in [-0.3, -0.25) is 13.9 Å². The van der Waals surface area contributed by atoms with Gasteiger partial charge in [0.15, 0.2) is 5.52 Å². The van der Waals surface area contributed by atoms with E-state index in [1.54, 1.807) is 11.6 Å². The minimum absolute atomic E-state index is 0.220. The lowest BCUT2D eigenvalue weighted by atomic mass is 10.2. The molecule has 3 rings (SSSR count). The summed E-state index contributed by atoms with van der Waals surface area (Å²) in [5, 5.41) is 13.0. The minimum atomic E-state index is -0.559. The summed E-state index contributed by atoms with van der Waals surface area (Å²) in [5.74, 6) is 0. The van der Waals surface area contributed by atoms with Crippen molar-refractivity contribution in [3.63, 3.8) is 0 Å². The first kappa shape index (κ1) is 12.1. The summed E-state index contributed by atoms with van der Waals surface area (Å²) in [7, 11) is 3.02. The standard InChI is InChI=1S/C11H15N5O3/c1-14-9-8(10(18)15(2)11(14)19)13-5-16(9)6-3-12-4-7(6)17/h5-7,12,17H,3-4H2,1-2H3/t6-,7-/m0/s1. The van der Waals surface area contributed by atoms with Gasteiger partial charge in [0, 0.05) is 27.2 Å². The largest absolute Gasteiger partial charge is 0.390 e. The quantitative estimate of drug-likeness (QED) is 0.618. The van der Waals surface area contributed by atoms with E-state index in [1.807, 2.05) is 0 Å². The number of aliphatic hydroxyl groups is 1. The van der Waals surface area contributed by atoms with E-state index in [-0.39, 0.29) is 11.6 Å². The average Bonchev–Trinajstić information content (AvgIpc) is 2.99. The molecule has 0 unspecified atom stereocenters. The first-order chi connectivity index (χ1) is 9.02. The molecule has 19 heavy (non-hydrogen) atoms. The van der Waals surface area contributed by atoms with Crippen molar-refractivity contribution in [2.45, 2.75) is 12.1 Å². The molecule has 1 aliphatic rings. The van der Waals surface area contributed by atoms with Gasteiger partial charge in [-0.15, -0.1) is 0 Å². The van der Waals surface area contributed by atoms with Gasteiger partial charge in [-0.05, 0) is 0 Å². The molecule has 2 aromatic rings. The third-order valence-corrected chi connectivity index (χ3v) is 3.67. The average molecular weight is 265 g/mol. The normalized spacial score (nSPS) is 23.3. The van der Waals surface area contributed by atoms with Gasteiger partial charge in [0.25, 0.3) is 5.56 Å². The maximum atomic E-state index is 12.0. The summed E-state index contributed by atoms with van der Waals surface area (Å²) in [5.41, 5.74) is -0.137. The molecule has 0 saturated carbocycles. The maximum absolute atomic E-state index is 12.0.